The van der Waals surface area contributed by atoms with E-state index in [2.05, 4.69) is 0 Å². The summed E-state index contributed by atoms with van der Waals surface area (Å²) < 4.78 is 10.1. The zero-order valence-electron chi connectivity index (χ0n) is 10.8. The van der Waals surface area contributed by atoms with Gasteiger partial charge in [-0.25, -0.2) is 0 Å². The largest absolute Gasteiger partial charge is 0.497 e. The zero-order valence-corrected chi connectivity index (χ0v) is 10.8. The predicted octanol–water partition coefficient (Wildman–Crippen LogP) is 3.05. The van der Waals surface area contributed by atoms with Gasteiger partial charge in [0.1, 0.15) is 11.5 Å². The summed E-state index contributed by atoms with van der Waals surface area (Å²) in [6.45, 7) is 1.70. The number of ether oxygens (including phenoxy) is 1. The summed E-state index contributed by atoms with van der Waals surface area (Å²) in [5.74, 6) is 0.657. The van der Waals surface area contributed by atoms with Crippen LogP contribution in [0.4, 0.5) is 0 Å². The quantitative estimate of drug-likeness (QED) is 0.611. The van der Waals surface area contributed by atoms with Crippen molar-refractivity contribution >= 4 is 11.6 Å². The number of carbonyl (C=O) groups is 2. The molecule has 0 saturated carbocycles. The first-order valence-corrected chi connectivity index (χ1v) is 5.86. The fraction of sp³-hybridized carbons (Fsp3) is 0.200. The number of benzene rings is 1. The minimum absolute atomic E-state index is 0.173. The Balaban J connectivity index is 2.13. The maximum atomic E-state index is 12.0. The molecule has 0 aliphatic carbocycles. The van der Waals surface area contributed by atoms with Gasteiger partial charge < -0.3 is 9.15 Å². The normalized spacial score (nSPS) is 10.2. The van der Waals surface area contributed by atoms with Crippen LogP contribution >= 0.6 is 0 Å². The van der Waals surface area contributed by atoms with Crippen LogP contribution in [0.2, 0.25) is 0 Å². The summed E-state index contributed by atoms with van der Waals surface area (Å²) in [5.41, 5.74) is 0.921. The predicted molar refractivity (Wildman–Crippen MR) is 69.7 cm³/mol. The van der Waals surface area contributed by atoms with E-state index in [0.717, 1.165) is 0 Å². The highest BCUT2D eigenvalue weighted by Gasteiger charge is 2.17. The number of ketones is 2. The molecular weight excluding hydrogens is 244 g/mol. The Morgan fingerprint density at radius 3 is 2.63 bits per heavy atom. The van der Waals surface area contributed by atoms with Crippen LogP contribution in [0.15, 0.2) is 41.0 Å². The third-order valence-electron chi connectivity index (χ3n) is 2.87. The van der Waals surface area contributed by atoms with Gasteiger partial charge in [0.05, 0.1) is 25.4 Å². The van der Waals surface area contributed by atoms with Gasteiger partial charge in [-0.1, -0.05) is 12.1 Å². The molecule has 0 bridgehead atoms. The molecule has 4 nitrogen and oxygen atoms in total. The van der Waals surface area contributed by atoms with E-state index in [4.69, 9.17) is 9.15 Å². The number of rotatable bonds is 5. The second-order valence-electron chi connectivity index (χ2n) is 4.15. The Bertz CT molecular complexity index is 610. The van der Waals surface area contributed by atoms with Crippen LogP contribution in [0, 0.1) is 6.92 Å². The molecule has 1 aromatic heterocycles. The Morgan fingerprint density at radius 2 is 2.00 bits per heavy atom. The van der Waals surface area contributed by atoms with Gasteiger partial charge in [-0.3, -0.25) is 9.59 Å². The smallest absolute Gasteiger partial charge is 0.174 e. The minimum Gasteiger partial charge on any atom is -0.497 e. The molecule has 0 amide bonds. The molecule has 1 heterocycles. The molecule has 0 fully saturated rings. The molecule has 4 heteroatoms. The molecule has 19 heavy (non-hydrogen) atoms. The number of furan rings is 1. The van der Waals surface area contributed by atoms with E-state index >= 15 is 0 Å². The van der Waals surface area contributed by atoms with Gasteiger partial charge in [0, 0.05) is 5.56 Å². The molecule has 2 rings (SSSR count). The van der Waals surface area contributed by atoms with Crippen molar-refractivity contribution in [2.45, 2.75) is 13.3 Å². The number of hydrogen-bond acceptors (Lipinski definition) is 4. The molecule has 2 aromatic rings. The Kier molecular flexibility index (Phi) is 3.80. The number of Topliss-reactive ketones (excluding diaryl/α,β-unsaturated/α-hetero) is 2. The highest BCUT2D eigenvalue weighted by atomic mass is 16.5. The molecule has 0 unspecified atom stereocenters. The molecule has 98 valence electrons. The number of aryl methyl sites for hydroxylation is 1. The van der Waals surface area contributed by atoms with Crippen LogP contribution < -0.4 is 4.74 Å². The van der Waals surface area contributed by atoms with Gasteiger partial charge in [0.2, 0.25) is 0 Å². The first-order valence-electron chi connectivity index (χ1n) is 5.86. The Labute approximate surface area is 111 Å². The first-order chi connectivity index (χ1) is 9.11. The van der Waals surface area contributed by atoms with Crippen LogP contribution in [-0.2, 0) is 0 Å². The standard InChI is InChI=1S/C15H14O4/c1-10-13(6-7-19-10)15(17)9-14(16)11-4-3-5-12(8-11)18-2/h3-8H,9H2,1-2H3. The van der Waals surface area contributed by atoms with Crippen molar-refractivity contribution in [3.8, 4) is 5.75 Å². The van der Waals surface area contributed by atoms with Crippen molar-refractivity contribution in [3.63, 3.8) is 0 Å². The average Bonchev–Trinajstić information content (AvgIpc) is 2.85. The van der Waals surface area contributed by atoms with E-state index in [1.54, 1.807) is 37.3 Å². The molecule has 1 aromatic carbocycles. The summed E-state index contributed by atoms with van der Waals surface area (Å²) in [5, 5.41) is 0. The fourth-order valence-electron chi connectivity index (χ4n) is 1.81. The van der Waals surface area contributed by atoms with Gasteiger partial charge in [-0.05, 0) is 25.1 Å². The molecule has 0 atom stereocenters. The third kappa shape index (κ3) is 2.91. The molecule has 0 spiro atoms. The van der Waals surface area contributed by atoms with Crippen molar-refractivity contribution in [3.05, 3.63) is 53.5 Å². The summed E-state index contributed by atoms with van der Waals surface area (Å²) in [6.07, 6.45) is 1.27. The lowest BCUT2D eigenvalue weighted by molar-refractivity contribution is 0.0893. The van der Waals surface area contributed by atoms with Crippen LogP contribution in [0.1, 0.15) is 32.9 Å². The van der Waals surface area contributed by atoms with Gasteiger partial charge in [0.25, 0.3) is 0 Å². The zero-order chi connectivity index (χ0) is 13.8. The Hall–Kier alpha value is -2.36. The van der Waals surface area contributed by atoms with Crippen LogP contribution in [0.3, 0.4) is 0 Å². The summed E-state index contributed by atoms with van der Waals surface area (Å²) in [7, 11) is 1.53. The van der Waals surface area contributed by atoms with Gasteiger partial charge in [0.15, 0.2) is 11.6 Å². The summed E-state index contributed by atoms with van der Waals surface area (Å²) in [6, 6.07) is 8.34. The average molecular weight is 258 g/mol. The monoisotopic (exact) mass is 258 g/mol. The van der Waals surface area contributed by atoms with Crippen LogP contribution in [0.5, 0.6) is 5.75 Å². The summed E-state index contributed by atoms with van der Waals surface area (Å²) in [4.78, 5) is 24.0. The fourth-order valence-corrected chi connectivity index (χ4v) is 1.81. The number of methoxy groups -OCH3 is 1. The van der Waals surface area contributed by atoms with E-state index in [1.165, 1.54) is 13.4 Å². The van der Waals surface area contributed by atoms with E-state index in [1.807, 2.05) is 0 Å². The van der Waals surface area contributed by atoms with Gasteiger partial charge >= 0.3 is 0 Å². The number of hydrogen-bond donors (Lipinski definition) is 0. The van der Waals surface area contributed by atoms with E-state index in [9.17, 15) is 9.59 Å². The highest BCUT2D eigenvalue weighted by Crippen LogP contribution is 2.17. The van der Waals surface area contributed by atoms with Crippen molar-refractivity contribution < 1.29 is 18.7 Å². The van der Waals surface area contributed by atoms with E-state index in [-0.39, 0.29) is 18.0 Å². The van der Waals surface area contributed by atoms with Crippen molar-refractivity contribution in [1.82, 2.24) is 0 Å². The highest BCUT2D eigenvalue weighted by molar-refractivity contribution is 6.13. The maximum absolute atomic E-state index is 12.0. The molecule has 0 radical (unpaired) electrons. The Morgan fingerprint density at radius 1 is 1.21 bits per heavy atom. The lowest BCUT2D eigenvalue weighted by Gasteiger charge is -2.03. The van der Waals surface area contributed by atoms with Crippen LogP contribution in [0.25, 0.3) is 0 Å². The molecular formula is C15H14O4. The van der Waals surface area contributed by atoms with E-state index in [0.29, 0.717) is 22.6 Å². The van der Waals surface area contributed by atoms with Crippen molar-refractivity contribution in [2.75, 3.05) is 7.11 Å². The van der Waals surface area contributed by atoms with Crippen LogP contribution in [-0.4, -0.2) is 18.7 Å². The molecule has 0 aliphatic heterocycles. The second kappa shape index (κ2) is 5.52. The minimum atomic E-state index is -0.237. The molecule has 0 saturated heterocycles. The molecule has 0 aliphatic rings. The lowest BCUT2D eigenvalue weighted by atomic mass is 10.0. The van der Waals surface area contributed by atoms with E-state index < -0.39 is 0 Å². The van der Waals surface area contributed by atoms with Gasteiger partial charge in [-0.15, -0.1) is 0 Å². The van der Waals surface area contributed by atoms with Crippen molar-refractivity contribution in [2.24, 2.45) is 0 Å². The SMILES string of the molecule is COc1cccc(C(=O)CC(=O)c2ccoc2C)c1. The van der Waals surface area contributed by atoms with Gasteiger partial charge in [-0.2, -0.15) is 0 Å². The first kappa shape index (κ1) is 13.1. The third-order valence-corrected chi connectivity index (χ3v) is 2.87. The molecule has 0 N–H and O–H groups in total. The maximum Gasteiger partial charge on any atom is 0.174 e. The number of carbonyl (C=O) groups excluding carboxylic acids is 2. The topological polar surface area (TPSA) is 56.5 Å². The summed E-state index contributed by atoms with van der Waals surface area (Å²) >= 11 is 0. The lowest BCUT2D eigenvalue weighted by Crippen LogP contribution is -2.09. The van der Waals surface area contributed by atoms with Crippen molar-refractivity contribution in [1.29, 1.82) is 0 Å². The second-order valence-corrected chi connectivity index (χ2v) is 4.15.